The van der Waals surface area contributed by atoms with Gasteiger partial charge >= 0.3 is 0 Å². The van der Waals surface area contributed by atoms with Crippen LogP contribution < -0.4 is 9.47 Å². The number of hydrogen-bond donors (Lipinski definition) is 0. The van der Waals surface area contributed by atoms with Gasteiger partial charge in [-0.15, -0.1) is 11.3 Å². The van der Waals surface area contributed by atoms with E-state index in [0.717, 1.165) is 43.2 Å². The van der Waals surface area contributed by atoms with Crippen molar-refractivity contribution >= 4 is 21.4 Å². The van der Waals surface area contributed by atoms with Crippen molar-refractivity contribution in [3.05, 3.63) is 58.5 Å². The van der Waals surface area contributed by atoms with Crippen molar-refractivity contribution in [2.45, 2.75) is 83.1 Å². The second-order valence-corrected chi connectivity index (χ2v) is 14.2. The second kappa shape index (κ2) is 10.6. The fourth-order valence-corrected chi connectivity index (χ4v) is 9.91. The minimum atomic E-state index is -0.141. The fraction of sp³-hybridized carbons (Fsp3) is 0.600. The molecule has 3 unspecified atom stereocenters. The molecule has 1 saturated heterocycles. The Labute approximate surface area is 249 Å². The van der Waals surface area contributed by atoms with Gasteiger partial charge in [0.25, 0.3) is 0 Å². The minimum absolute atomic E-state index is 0.00611. The summed E-state index contributed by atoms with van der Waals surface area (Å²) in [6.07, 6.45) is 6.08. The van der Waals surface area contributed by atoms with Crippen LogP contribution in [-0.4, -0.2) is 57.1 Å². The summed E-state index contributed by atoms with van der Waals surface area (Å²) in [5.41, 5.74) is 2.76. The Kier molecular flexibility index (Phi) is 7.13. The topological polar surface area (TPSA) is 40.2 Å². The summed E-state index contributed by atoms with van der Waals surface area (Å²) in [5.74, 6) is 3.28. The van der Waals surface area contributed by atoms with Crippen LogP contribution in [0, 0.1) is 17.3 Å². The lowest BCUT2D eigenvalue weighted by Crippen LogP contribution is -2.71. The summed E-state index contributed by atoms with van der Waals surface area (Å²) >= 11 is 1.84. The molecular weight excluding hydrogens is 530 g/mol. The number of hydrogen-bond acceptors (Lipinski definition) is 6. The van der Waals surface area contributed by atoms with Crippen molar-refractivity contribution in [3.8, 4) is 11.5 Å². The molecule has 3 heterocycles. The first-order valence-electron chi connectivity index (χ1n) is 15.7. The molecule has 220 valence electrons. The van der Waals surface area contributed by atoms with Crippen LogP contribution in [0.1, 0.15) is 62.5 Å². The van der Waals surface area contributed by atoms with Crippen molar-refractivity contribution in [2.75, 3.05) is 33.9 Å². The number of rotatable bonds is 8. The lowest BCUT2D eigenvalue weighted by molar-refractivity contribution is -0.189. The minimum Gasteiger partial charge on any atom is -0.493 e. The van der Waals surface area contributed by atoms with E-state index in [0.29, 0.717) is 25.2 Å². The number of nitrogens with zero attached hydrogens (tertiary/aromatic N) is 1. The standard InChI is InChI=1S/C33H39NO4S.C2H6/c1-32(19-37-18-23-14-21-6-4-5-7-27(21)39-23)16-24-25-15-22-10-11-26(35-2)29-28(22)33(24,31(38-29)30(32)36-3)12-13-34(25)17-20-8-9-20;1-2/h4-7,10-11,14,20,24-25,30-31H,8-9,12-13,15-19H2,1-3H3;1-2H3/t24?,25?,30?,31-,32+,33-;/m0./s1. The van der Waals surface area contributed by atoms with Crippen LogP contribution in [0.4, 0.5) is 0 Å². The SMILES string of the molecule is CC.COc1ccc2c3c1O[C@H]1C(OC)[C@@](C)(COCc4cc5ccccc5s4)CC4C(C2)N(CC2CC2)CC[C@@]341. The normalized spacial score (nSPS) is 33.1. The highest BCUT2D eigenvalue weighted by atomic mass is 32.1. The lowest BCUT2D eigenvalue weighted by atomic mass is 9.47. The Balaban J connectivity index is 0.00000135. The van der Waals surface area contributed by atoms with Gasteiger partial charge in [0.05, 0.1) is 20.3 Å². The molecule has 0 amide bonds. The molecule has 0 radical (unpaired) electrons. The van der Waals surface area contributed by atoms with E-state index < -0.39 is 0 Å². The van der Waals surface area contributed by atoms with Crippen LogP contribution in [0.3, 0.4) is 0 Å². The van der Waals surface area contributed by atoms with Crippen LogP contribution in [-0.2, 0) is 27.9 Å². The number of ether oxygens (including phenoxy) is 4. The molecule has 2 saturated carbocycles. The molecule has 6 atom stereocenters. The fourth-order valence-electron chi connectivity index (χ4n) is 8.91. The van der Waals surface area contributed by atoms with Crippen LogP contribution in [0.2, 0.25) is 0 Å². The van der Waals surface area contributed by atoms with E-state index in [4.69, 9.17) is 18.9 Å². The van der Waals surface area contributed by atoms with E-state index >= 15 is 0 Å². The highest BCUT2D eigenvalue weighted by molar-refractivity contribution is 7.19. The Morgan fingerprint density at radius 2 is 1.93 bits per heavy atom. The molecule has 2 aliphatic heterocycles. The van der Waals surface area contributed by atoms with Gasteiger partial charge < -0.3 is 18.9 Å². The molecule has 3 aromatic rings. The molecule has 5 aliphatic rings. The number of fused-ring (bicyclic) bond motifs is 1. The van der Waals surface area contributed by atoms with Crippen LogP contribution in [0.15, 0.2) is 42.5 Å². The zero-order valence-electron chi connectivity index (χ0n) is 25.3. The zero-order valence-corrected chi connectivity index (χ0v) is 26.1. The molecule has 41 heavy (non-hydrogen) atoms. The Morgan fingerprint density at radius 1 is 1.10 bits per heavy atom. The van der Waals surface area contributed by atoms with Crippen molar-refractivity contribution < 1.29 is 18.9 Å². The average molecular weight is 576 g/mol. The summed E-state index contributed by atoms with van der Waals surface area (Å²) in [4.78, 5) is 4.13. The van der Waals surface area contributed by atoms with Gasteiger partial charge in [0, 0.05) is 45.7 Å². The monoisotopic (exact) mass is 575 g/mol. The molecule has 1 aromatic heterocycles. The predicted octanol–water partition coefficient (Wildman–Crippen LogP) is 7.23. The highest BCUT2D eigenvalue weighted by Crippen LogP contribution is 2.67. The van der Waals surface area contributed by atoms with Crippen LogP contribution >= 0.6 is 11.3 Å². The van der Waals surface area contributed by atoms with Crippen molar-refractivity contribution in [3.63, 3.8) is 0 Å². The Bertz CT molecular complexity index is 1380. The molecule has 5 nitrogen and oxygen atoms in total. The third-order valence-corrected chi connectivity index (χ3v) is 11.8. The van der Waals surface area contributed by atoms with Gasteiger partial charge in [-0.3, -0.25) is 4.90 Å². The van der Waals surface area contributed by atoms with Crippen LogP contribution in [0.25, 0.3) is 10.1 Å². The van der Waals surface area contributed by atoms with Gasteiger partial charge in [0.1, 0.15) is 12.2 Å². The van der Waals surface area contributed by atoms with Crippen LogP contribution in [0.5, 0.6) is 11.5 Å². The van der Waals surface area contributed by atoms with Gasteiger partial charge in [-0.25, -0.2) is 0 Å². The molecule has 8 rings (SSSR count). The predicted molar refractivity (Wildman–Crippen MR) is 165 cm³/mol. The smallest absolute Gasteiger partial charge is 0.165 e. The molecule has 0 N–H and O–H groups in total. The highest BCUT2D eigenvalue weighted by Gasteiger charge is 2.70. The van der Waals surface area contributed by atoms with Crippen molar-refractivity contribution in [2.24, 2.45) is 17.3 Å². The Hall–Kier alpha value is -2.12. The molecule has 6 heteroatoms. The van der Waals surface area contributed by atoms with Crippen molar-refractivity contribution in [1.29, 1.82) is 0 Å². The third-order valence-electron chi connectivity index (χ3n) is 10.7. The number of piperidine rings is 1. The first kappa shape index (κ1) is 27.7. The molecule has 2 aromatic carbocycles. The maximum absolute atomic E-state index is 7.01. The Morgan fingerprint density at radius 3 is 2.68 bits per heavy atom. The quantitative estimate of drug-likeness (QED) is 0.283. The molecular formula is C35H45NO4S. The summed E-state index contributed by atoms with van der Waals surface area (Å²) in [7, 11) is 3.64. The van der Waals surface area contributed by atoms with E-state index in [1.165, 1.54) is 45.5 Å². The number of thiophene rings is 1. The first-order chi connectivity index (χ1) is 20.0. The first-order valence-corrected chi connectivity index (χ1v) is 16.5. The summed E-state index contributed by atoms with van der Waals surface area (Å²) in [5, 5.41) is 1.30. The van der Waals surface area contributed by atoms with Gasteiger partial charge in [0.2, 0.25) is 0 Å². The maximum atomic E-state index is 7.01. The summed E-state index contributed by atoms with van der Waals surface area (Å²) in [6, 6.07) is 15.9. The third kappa shape index (κ3) is 4.27. The van der Waals surface area contributed by atoms with Gasteiger partial charge in [-0.2, -0.15) is 0 Å². The van der Waals surface area contributed by atoms with E-state index in [9.17, 15) is 0 Å². The summed E-state index contributed by atoms with van der Waals surface area (Å²) in [6.45, 7) is 10.1. The lowest BCUT2D eigenvalue weighted by Gasteiger charge is -2.63. The van der Waals surface area contributed by atoms with E-state index in [2.05, 4.69) is 54.3 Å². The largest absolute Gasteiger partial charge is 0.493 e. The number of methoxy groups -OCH3 is 2. The maximum Gasteiger partial charge on any atom is 0.165 e. The zero-order chi connectivity index (χ0) is 28.4. The number of likely N-dealkylation sites (tertiary alicyclic amines) is 1. The number of benzene rings is 2. The van der Waals surface area contributed by atoms with E-state index in [-0.39, 0.29) is 23.0 Å². The van der Waals surface area contributed by atoms with Crippen molar-refractivity contribution in [1.82, 2.24) is 4.90 Å². The molecule has 1 spiro atoms. The average Bonchev–Trinajstić information content (AvgIpc) is 3.60. The molecule has 3 aliphatic carbocycles. The molecule has 3 fully saturated rings. The van der Waals surface area contributed by atoms with Gasteiger partial charge in [-0.1, -0.05) is 45.0 Å². The van der Waals surface area contributed by atoms with E-state index in [1.807, 2.05) is 32.3 Å². The second-order valence-electron chi connectivity index (χ2n) is 13.0. The van der Waals surface area contributed by atoms with Gasteiger partial charge in [-0.05, 0) is 79.6 Å². The molecule has 2 bridgehead atoms. The summed E-state index contributed by atoms with van der Waals surface area (Å²) < 4.78 is 27.2. The van der Waals surface area contributed by atoms with Gasteiger partial charge in [0.15, 0.2) is 11.5 Å². The van der Waals surface area contributed by atoms with E-state index in [1.54, 1.807) is 7.11 Å².